The van der Waals surface area contributed by atoms with Gasteiger partial charge in [0.1, 0.15) is 19.0 Å². The molecular formula is C15H16N2O3. The lowest BCUT2D eigenvalue weighted by atomic mass is 10.2. The average molecular weight is 272 g/mol. The number of anilines is 3. The number of hydrogen-bond donors (Lipinski definition) is 2. The first-order valence-electron chi connectivity index (χ1n) is 6.37. The van der Waals surface area contributed by atoms with Crippen molar-refractivity contribution >= 4 is 17.1 Å². The molecule has 0 spiro atoms. The Balaban J connectivity index is 1.94. The number of fused-ring (bicyclic) bond motifs is 1. The maximum Gasteiger partial charge on any atom is 0.163 e. The van der Waals surface area contributed by atoms with Crippen LogP contribution >= 0.6 is 0 Å². The van der Waals surface area contributed by atoms with Crippen molar-refractivity contribution < 1.29 is 14.2 Å². The second-order valence-electron chi connectivity index (χ2n) is 4.41. The van der Waals surface area contributed by atoms with E-state index >= 15 is 0 Å². The number of nitrogens with two attached hydrogens (primary N) is 1. The van der Waals surface area contributed by atoms with E-state index in [4.69, 9.17) is 19.9 Å². The van der Waals surface area contributed by atoms with Crippen LogP contribution in [0.15, 0.2) is 36.4 Å². The molecule has 0 amide bonds. The van der Waals surface area contributed by atoms with Gasteiger partial charge in [-0.1, -0.05) is 12.1 Å². The standard InChI is InChI=1S/C15H16N2O3/c1-18-13-5-3-2-4-11(13)17-12-9-15-14(8-10(12)16)19-6-7-20-15/h2-5,8-9,17H,6-7,16H2,1H3. The summed E-state index contributed by atoms with van der Waals surface area (Å²) in [6, 6.07) is 11.3. The number of hydrogen-bond acceptors (Lipinski definition) is 5. The topological polar surface area (TPSA) is 65.7 Å². The molecule has 3 rings (SSSR count). The number of rotatable bonds is 3. The minimum Gasteiger partial charge on any atom is -0.495 e. The second kappa shape index (κ2) is 5.21. The van der Waals surface area contributed by atoms with Crippen LogP contribution in [0.5, 0.6) is 17.2 Å². The van der Waals surface area contributed by atoms with Crippen LogP contribution in [-0.4, -0.2) is 20.3 Å². The first kappa shape index (κ1) is 12.5. The summed E-state index contributed by atoms with van der Waals surface area (Å²) < 4.78 is 16.4. The maximum atomic E-state index is 6.05. The van der Waals surface area contributed by atoms with Crippen molar-refractivity contribution in [3.05, 3.63) is 36.4 Å². The number of nitrogen functional groups attached to an aromatic ring is 1. The highest BCUT2D eigenvalue weighted by atomic mass is 16.6. The summed E-state index contributed by atoms with van der Waals surface area (Å²) in [6.07, 6.45) is 0. The number of para-hydroxylation sites is 2. The molecule has 0 saturated carbocycles. The Hall–Kier alpha value is -2.56. The Bertz CT molecular complexity index is 629. The zero-order chi connectivity index (χ0) is 13.9. The number of ether oxygens (including phenoxy) is 3. The van der Waals surface area contributed by atoms with Crippen LogP contribution in [0, 0.1) is 0 Å². The molecule has 0 unspecified atom stereocenters. The molecule has 5 heteroatoms. The Morgan fingerprint density at radius 1 is 1.05 bits per heavy atom. The molecule has 1 aliphatic rings. The van der Waals surface area contributed by atoms with Crippen LogP contribution in [0.25, 0.3) is 0 Å². The predicted molar refractivity (Wildman–Crippen MR) is 78.1 cm³/mol. The van der Waals surface area contributed by atoms with Crippen molar-refractivity contribution in [3.8, 4) is 17.2 Å². The normalized spacial score (nSPS) is 12.8. The maximum absolute atomic E-state index is 6.05. The molecular weight excluding hydrogens is 256 g/mol. The van der Waals surface area contributed by atoms with E-state index in [-0.39, 0.29) is 0 Å². The van der Waals surface area contributed by atoms with Gasteiger partial charge in [0.25, 0.3) is 0 Å². The van der Waals surface area contributed by atoms with Gasteiger partial charge in [0.15, 0.2) is 11.5 Å². The fraction of sp³-hybridized carbons (Fsp3) is 0.200. The Morgan fingerprint density at radius 3 is 2.50 bits per heavy atom. The molecule has 0 saturated heterocycles. The minimum absolute atomic E-state index is 0.547. The van der Waals surface area contributed by atoms with Gasteiger partial charge in [-0.05, 0) is 12.1 Å². The quantitative estimate of drug-likeness (QED) is 0.841. The average Bonchev–Trinajstić information content (AvgIpc) is 2.48. The second-order valence-corrected chi connectivity index (χ2v) is 4.41. The largest absolute Gasteiger partial charge is 0.495 e. The molecule has 0 radical (unpaired) electrons. The van der Waals surface area contributed by atoms with Crippen LogP contribution in [-0.2, 0) is 0 Å². The van der Waals surface area contributed by atoms with Gasteiger partial charge >= 0.3 is 0 Å². The fourth-order valence-corrected chi connectivity index (χ4v) is 2.11. The van der Waals surface area contributed by atoms with E-state index in [0.717, 1.165) is 17.1 Å². The third-order valence-corrected chi connectivity index (χ3v) is 3.09. The van der Waals surface area contributed by atoms with Crippen molar-refractivity contribution in [2.24, 2.45) is 0 Å². The van der Waals surface area contributed by atoms with Gasteiger partial charge in [-0.2, -0.15) is 0 Å². The first-order chi connectivity index (χ1) is 9.78. The molecule has 104 valence electrons. The van der Waals surface area contributed by atoms with E-state index in [2.05, 4.69) is 5.32 Å². The minimum atomic E-state index is 0.547. The summed E-state index contributed by atoms with van der Waals surface area (Å²) in [5, 5.41) is 3.26. The van der Waals surface area contributed by atoms with Crippen LogP contribution < -0.4 is 25.3 Å². The summed E-state index contributed by atoms with van der Waals surface area (Å²) in [7, 11) is 1.63. The van der Waals surface area contributed by atoms with Crippen LogP contribution in [0.4, 0.5) is 17.1 Å². The van der Waals surface area contributed by atoms with Crippen molar-refractivity contribution in [1.29, 1.82) is 0 Å². The molecule has 0 fully saturated rings. The summed E-state index contributed by atoms with van der Waals surface area (Å²) in [5.74, 6) is 2.13. The molecule has 20 heavy (non-hydrogen) atoms. The van der Waals surface area contributed by atoms with E-state index in [1.54, 1.807) is 13.2 Å². The smallest absolute Gasteiger partial charge is 0.163 e. The monoisotopic (exact) mass is 272 g/mol. The van der Waals surface area contributed by atoms with Gasteiger partial charge in [0.2, 0.25) is 0 Å². The molecule has 3 N–H and O–H groups in total. The zero-order valence-electron chi connectivity index (χ0n) is 11.2. The molecule has 0 aliphatic carbocycles. The highest BCUT2D eigenvalue weighted by molar-refractivity contribution is 5.78. The Labute approximate surface area is 117 Å². The zero-order valence-corrected chi connectivity index (χ0v) is 11.2. The molecule has 1 aliphatic heterocycles. The fourth-order valence-electron chi connectivity index (χ4n) is 2.11. The van der Waals surface area contributed by atoms with Crippen LogP contribution in [0.1, 0.15) is 0 Å². The van der Waals surface area contributed by atoms with E-state index in [1.165, 1.54) is 0 Å². The molecule has 0 bridgehead atoms. The summed E-state index contributed by atoms with van der Waals surface area (Å²) in [6.45, 7) is 1.09. The van der Waals surface area contributed by atoms with E-state index in [9.17, 15) is 0 Å². The molecule has 1 heterocycles. The van der Waals surface area contributed by atoms with Crippen LogP contribution in [0.3, 0.4) is 0 Å². The highest BCUT2D eigenvalue weighted by Gasteiger charge is 2.15. The van der Waals surface area contributed by atoms with E-state index < -0.39 is 0 Å². The summed E-state index contributed by atoms with van der Waals surface area (Å²) in [4.78, 5) is 0. The van der Waals surface area contributed by atoms with Gasteiger partial charge in [-0.3, -0.25) is 0 Å². The summed E-state index contributed by atoms with van der Waals surface area (Å²) >= 11 is 0. The van der Waals surface area contributed by atoms with Gasteiger partial charge in [0, 0.05) is 12.1 Å². The molecule has 0 aromatic heterocycles. The van der Waals surface area contributed by atoms with E-state index in [0.29, 0.717) is 30.4 Å². The Kier molecular flexibility index (Phi) is 3.25. The van der Waals surface area contributed by atoms with Crippen LogP contribution in [0.2, 0.25) is 0 Å². The van der Waals surface area contributed by atoms with Crippen molar-refractivity contribution in [2.75, 3.05) is 31.4 Å². The molecule has 2 aromatic carbocycles. The number of methoxy groups -OCH3 is 1. The molecule has 2 aromatic rings. The lowest BCUT2D eigenvalue weighted by Gasteiger charge is -2.21. The SMILES string of the molecule is COc1ccccc1Nc1cc2c(cc1N)OCCO2. The highest BCUT2D eigenvalue weighted by Crippen LogP contribution is 2.39. The van der Waals surface area contributed by atoms with Crippen molar-refractivity contribution in [3.63, 3.8) is 0 Å². The van der Waals surface area contributed by atoms with Gasteiger partial charge in [-0.15, -0.1) is 0 Å². The number of nitrogens with one attached hydrogen (secondary N) is 1. The van der Waals surface area contributed by atoms with Crippen molar-refractivity contribution in [1.82, 2.24) is 0 Å². The first-order valence-corrected chi connectivity index (χ1v) is 6.37. The molecule has 5 nitrogen and oxygen atoms in total. The predicted octanol–water partition coefficient (Wildman–Crippen LogP) is 2.79. The lowest BCUT2D eigenvalue weighted by Crippen LogP contribution is -2.15. The third kappa shape index (κ3) is 2.30. The summed E-state index contributed by atoms with van der Waals surface area (Å²) in [5.41, 5.74) is 8.25. The third-order valence-electron chi connectivity index (χ3n) is 3.09. The molecule has 0 atom stereocenters. The number of benzene rings is 2. The lowest BCUT2D eigenvalue weighted by molar-refractivity contribution is 0.172. The Morgan fingerprint density at radius 2 is 1.75 bits per heavy atom. The van der Waals surface area contributed by atoms with Gasteiger partial charge < -0.3 is 25.3 Å². The van der Waals surface area contributed by atoms with E-state index in [1.807, 2.05) is 30.3 Å². The van der Waals surface area contributed by atoms with Gasteiger partial charge in [-0.25, -0.2) is 0 Å². The van der Waals surface area contributed by atoms with Crippen molar-refractivity contribution in [2.45, 2.75) is 0 Å². The van der Waals surface area contributed by atoms with Gasteiger partial charge in [0.05, 0.1) is 24.2 Å².